The first-order valence-corrected chi connectivity index (χ1v) is 10.8. The van der Waals surface area contributed by atoms with Crippen molar-refractivity contribution in [1.29, 1.82) is 0 Å². The summed E-state index contributed by atoms with van der Waals surface area (Å²) in [5, 5.41) is 3.19. The lowest BCUT2D eigenvalue weighted by Crippen LogP contribution is -2.51. The smallest absolute Gasteiger partial charge is 0.243 e. The van der Waals surface area contributed by atoms with Crippen molar-refractivity contribution in [2.24, 2.45) is 0 Å². The summed E-state index contributed by atoms with van der Waals surface area (Å²) >= 11 is 0. The van der Waals surface area contributed by atoms with Crippen LogP contribution in [0.5, 0.6) is 0 Å². The summed E-state index contributed by atoms with van der Waals surface area (Å²) in [5.41, 5.74) is 3.18. The minimum Gasteiger partial charge on any atom is -0.352 e. The maximum atomic E-state index is 13.3. The van der Waals surface area contributed by atoms with Gasteiger partial charge in [-0.1, -0.05) is 79.9 Å². The Morgan fingerprint density at radius 3 is 2.38 bits per heavy atom. The summed E-state index contributed by atoms with van der Waals surface area (Å²) in [5.74, 6) is -0.0282. The van der Waals surface area contributed by atoms with Gasteiger partial charge in [0.25, 0.3) is 0 Å². The highest BCUT2D eigenvalue weighted by molar-refractivity contribution is 5.88. The lowest BCUT2D eigenvalue weighted by molar-refractivity contribution is -0.141. The highest BCUT2D eigenvalue weighted by Crippen LogP contribution is 2.20. The number of nitrogens with one attached hydrogen (secondary N) is 1. The summed E-state index contributed by atoms with van der Waals surface area (Å²) in [6.07, 6.45) is 5.32. The Hall–Kier alpha value is -2.62. The van der Waals surface area contributed by atoms with Crippen LogP contribution in [0.4, 0.5) is 0 Å². The Morgan fingerprint density at radius 2 is 1.72 bits per heavy atom. The third kappa shape index (κ3) is 5.93. The Bertz CT molecular complexity index is 813. The van der Waals surface area contributed by atoms with E-state index in [1.807, 2.05) is 62.4 Å². The highest BCUT2D eigenvalue weighted by Gasteiger charge is 2.30. The first kappa shape index (κ1) is 21.1. The van der Waals surface area contributed by atoms with Crippen LogP contribution in [-0.4, -0.2) is 28.8 Å². The zero-order valence-electron chi connectivity index (χ0n) is 17.6. The molecule has 1 atom stereocenters. The molecule has 0 unspecified atom stereocenters. The molecular weight excluding hydrogens is 360 g/mol. The zero-order valence-corrected chi connectivity index (χ0v) is 17.6. The molecule has 2 aromatic rings. The van der Waals surface area contributed by atoms with Gasteiger partial charge in [-0.2, -0.15) is 0 Å². The van der Waals surface area contributed by atoms with Crippen molar-refractivity contribution >= 4 is 11.8 Å². The number of amides is 2. The van der Waals surface area contributed by atoms with Gasteiger partial charge in [-0.3, -0.25) is 9.59 Å². The fourth-order valence-corrected chi connectivity index (χ4v) is 4.17. The molecule has 1 aliphatic rings. The van der Waals surface area contributed by atoms with Crippen molar-refractivity contribution in [3.63, 3.8) is 0 Å². The molecule has 1 saturated carbocycles. The molecule has 4 nitrogen and oxygen atoms in total. The second-order valence-electron chi connectivity index (χ2n) is 8.09. The van der Waals surface area contributed by atoms with Gasteiger partial charge in [-0.05, 0) is 37.3 Å². The fraction of sp³-hybridized carbons (Fsp3) is 0.440. The van der Waals surface area contributed by atoms with E-state index in [0.29, 0.717) is 19.4 Å². The summed E-state index contributed by atoms with van der Waals surface area (Å²) in [6, 6.07) is 17.7. The number of carbonyl (C=O) groups excluding carboxylic acids is 2. The van der Waals surface area contributed by atoms with Gasteiger partial charge in [0.15, 0.2) is 0 Å². The number of rotatable bonds is 8. The molecule has 0 heterocycles. The normalized spacial score (nSPS) is 15.1. The van der Waals surface area contributed by atoms with E-state index >= 15 is 0 Å². The van der Waals surface area contributed by atoms with E-state index in [-0.39, 0.29) is 17.9 Å². The molecule has 3 rings (SSSR count). The summed E-state index contributed by atoms with van der Waals surface area (Å²) in [4.78, 5) is 28.1. The van der Waals surface area contributed by atoms with Gasteiger partial charge in [0, 0.05) is 12.6 Å². The SMILES string of the molecule is CC[C@H](C(=O)NC1CCCC1)N(Cc1cccc(C)c1)C(=O)Cc1ccccc1. The monoisotopic (exact) mass is 392 g/mol. The van der Waals surface area contributed by atoms with E-state index in [0.717, 1.165) is 29.5 Å². The van der Waals surface area contributed by atoms with E-state index in [1.54, 1.807) is 4.90 Å². The maximum absolute atomic E-state index is 13.3. The van der Waals surface area contributed by atoms with Crippen molar-refractivity contribution in [1.82, 2.24) is 10.2 Å². The van der Waals surface area contributed by atoms with E-state index < -0.39 is 6.04 Å². The van der Waals surface area contributed by atoms with Crippen LogP contribution >= 0.6 is 0 Å². The molecule has 2 amide bonds. The van der Waals surface area contributed by atoms with E-state index in [1.165, 1.54) is 12.8 Å². The molecule has 29 heavy (non-hydrogen) atoms. The lowest BCUT2D eigenvalue weighted by Gasteiger charge is -2.31. The molecule has 0 saturated heterocycles. The second-order valence-corrected chi connectivity index (χ2v) is 8.09. The number of hydrogen-bond acceptors (Lipinski definition) is 2. The molecule has 1 N–H and O–H groups in total. The van der Waals surface area contributed by atoms with Gasteiger partial charge in [-0.15, -0.1) is 0 Å². The molecule has 0 radical (unpaired) electrons. The zero-order chi connectivity index (χ0) is 20.6. The quantitative estimate of drug-likeness (QED) is 0.724. The minimum absolute atomic E-state index is 0.00821. The molecule has 154 valence electrons. The molecule has 4 heteroatoms. The predicted molar refractivity (Wildman–Crippen MR) is 116 cm³/mol. The Balaban J connectivity index is 1.80. The molecule has 0 aliphatic heterocycles. The van der Waals surface area contributed by atoms with E-state index in [9.17, 15) is 9.59 Å². The third-order valence-corrected chi connectivity index (χ3v) is 5.72. The largest absolute Gasteiger partial charge is 0.352 e. The standard InChI is InChI=1S/C25H32N2O2/c1-3-23(25(29)26-22-14-7-8-15-22)27(18-21-13-9-10-19(2)16-21)24(28)17-20-11-5-4-6-12-20/h4-6,9-13,16,22-23H,3,7-8,14-15,17-18H2,1-2H3,(H,26,29)/t23-/m1/s1. The molecule has 0 bridgehead atoms. The van der Waals surface area contributed by atoms with Crippen LogP contribution in [0.15, 0.2) is 54.6 Å². The maximum Gasteiger partial charge on any atom is 0.243 e. The van der Waals surface area contributed by atoms with Gasteiger partial charge in [0.1, 0.15) is 6.04 Å². The van der Waals surface area contributed by atoms with Crippen LogP contribution in [0.2, 0.25) is 0 Å². The Labute approximate surface area is 174 Å². The van der Waals surface area contributed by atoms with Crippen molar-refractivity contribution in [3.8, 4) is 0 Å². The number of nitrogens with zero attached hydrogens (tertiary/aromatic N) is 1. The van der Waals surface area contributed by atoms with Crippen molar-refractivity contribution in [2.45, 2.75) is 71.0 Å². The predicted octanol–water partition coefficient (Wildman–Crippen LogP) is 4.40. The van der Waals surface area contributed by atoms with E-state index in [4.69, 9.17) is 0 Å². The molecule has 0 aromatic heterocycles. The average molecular weight is 393 g/mol. The molecule has 1 aliphatic carbocycles. The number of benzene rings is 2. The first-order chi connectivity index (χ1) is 14.1. The van der Waals surface area contributed by atoms with Gasteiger partial charge in [0.2, 0.25) is 11.8 Å². The number of aryl methyl sites for hydroxylation is 1. The van der Waals surface area contributed by atoms with Crippen molar-refractivity contribution in [3.05, 3.63) is 71.3 Å². The fourth-order valence-electron chi connectivity index (χ4n) is 4.17. The minimum atomic E-state index is -0.452. The summed E-state index contributed by atoms with van der Waals surface area (Å²) in [7, 11) is 0. The average Bonchev–Trinajstić information content (AvgIpc) is 3.21. The van der Waals surface area contributed by atoms with Gasteiger partial charge in [-0.25, -0.2) is 0 Å². The van der Waals surface area contributed by atoms with Crippen LogP contribution in [-0.2, 0) is 22.6 Å². The highest BCUT2D eigenvalue weighted by atomic mass is 16.2. The van der Waals surface area contributed by atoms with Crippen LogP contribution in [0.1, 0.15) is 55.7 Å². The molecule has 1 fully saturated rings. The third-order valence-electron chi connectivity index (χ3n) is 5.72. The molecule has 0 spiro atoms. The van der Waals surface area contributed by atoms with Crippen LogP contribution in [0.25, 0.3) is 0 Å². The van der Waals surface area contributed by atoms with Crippen LogP contribution in [0.3, 0.4) is 0 Å². The molecule has 2 aromatic carbocycles. The van der Waals surface area contributed by atoms with Crippen molar-refractivity contribution < 1.29 is 9.59 Å². The lowest BCUT2D eigenvalue weighted by atomic mass is 10.1. The summed E-state index contributed by atoms with van der Waals surface area (Å²) < 4.78 is 0. The van der Waals surface area contributed by atoms with Gasteiger partial charge >= 0.3 is 0 Å². The van der Waals surface area contributed by atoms with Crippen LogP contribution < -0.4 is 5.32 Å². The van der Waals surface area contributed by atoms with E-state index in [2.05, 4.69) is 11.4 Å². The van der Waals surface area contributed by atoms with Gasteiger partial charge in [0.05, 0.1) is 6.42 Å². The Morgan fingerprint density at radius 1 is 1.03 bits per heavy atom. The summed E-state index contributed by atoms with van der Waals surface area (Å²) in [6.45, 7) is 4.48. The van der Waals surface area contributed by atoms with Gasteiger partial charge < -0.3 is 10.2 Å². The number of carbonyl (C=O) groups is 2. The first-order valence-electron chi connectivity index (χ1n) is 10.8. The number of hydrogen-bond donors (Lipinski definition) is 1. The topological polar surface area (TPSA) is 49.4 Å². The van der Waals surface area contributed by atoms with Crippen molar-refractivity contribution in [2.75, 3.05) is 0 Å². The second kappa shape index (κ2) is 10.2. The van der Waals surface area contributed by atoms with Crippen LogP contribution in [0, 0.1) is 6.92 Å². The Kier molecular flexibility index (Phi) is 7.45. The molecular formula is C25H32N2O2.